The first-order chi connectivity index (χ1) is 10.9. The molecule has 0 aromatic rings. The standard InChI is InChI=1S/C13H24O10/c1-20-12-7(21-3-5(15)8(12)16)4-22-13-11(19)10(18)9(17)6(2-14)23-13/h5-19H,2-4H2,1H3/t5?,6?,7?,8-,9?,10+,11?,12?,13+/m1/s1. The number of hydrogen-bond donors (Lipinski definition) is 6. The van der Waals surface area contributed by atoms with E-state index in [1.165, 1.54) is 7.11 Å². The van der Waals surface area contributed by atoms with E-state index < -0.39 is 61.7 Å². The van der Waals surface area contributed by atoms with Gasteiger partial charge in [-0.05, 0) is 0 Å². The zero-order chi connectivity index (χ0) is 17.1. The molecule has 2 saturated heterocycles. The van der Waals surface area contributed by atoms with Crippen LogP contribution in [0.25, 0.3) is 0 Å². The summed E-state index contributed by atoms with van der Waals surface area (Å²) in [5.74, 6) is 0. The van der Waals surface area contributed by atoms with E-state index in [2.05, 4.69) is 0 Å². The fourth-order valence-electron chi connectivity index (χ4n) is 2.68. The Morgan fingerprint density at radius 2 is 1.65 bits per heavy atom. The molecule has 10 heteroatoms. The summed E-state index contributed by atoms with van der Waals surface area (Å²) >= 11 is 0. The molecule has 0 saturated carbocycles. The number of rotatable bonds is 5. The minimum atomic E-state index is -1.54. The molecule has 2 heterocycles. The zero-order valence-corrected chi connectivity index (χ0v) is 12.6. The van der Waals surface area contributed by atoms with Gasteiger partial charge in [-0.3, -0.25) is 0 Å². The maximum absolute atomic E-state index is 9.86. The maximum Gasteiger partial charge on any atom is 0.186 e. The molecule has 6 N–H and O–H groups in total. The van der Waals surface area contributed by atoms with Crippen LogP contribution in [0.2, 0.25) is 0 Å². The fourth-order valence-corrected chi connectivity index (χ4v) is 2.68. The molecular formula is C13H24O10. The molecular weight excluding hydrogens is 316 g/mol. The second-order valence-electron chi connectivity index (χ2n) is 5.66. The van der Waals surface area contributed by atoms with Gasteiger partial charge >= 0.3 is 0 Å². The lowest BCUT2D eigenvalue weighted by molar-refractivity contribution is -0.311. The van der Waals surface area contributed by atoms with E-state index in [-0.39, 0.29) is 13.2 Å². The second kappa shape index (κ2) is 8.12. The minimum absolute atomic E-state index is 0.107. The van der Waals surface area contributed by atoms with Crippen molar-refractivity contribution in [3.63, 3.8) is 0 Å². The van der Waals surface area contributed by atoms with Crippen LogP contribution in [0, 0.1) is 0 Å². The van der Waals surface area contributed by atoms with Crippen molar-refractivity contribution in [1.82, 2.24) is 0 Å². The molecule has 136 valence electrons. The summed E-state index contributed by atoms with van der Waals surface area (Å²) in [6, 6.07) is 0. The Labute approximate surface area is 132 Å². The topological polar surface area (TPSA) is 158 Å². The van der Waals surface area contributed by atoms with E-state index >= 15 is 0 Å². The van der Waals surface area contributed by atoms with Crippen LogP contribution in [0.1, 0.15) is 0 Å². The van der Waals surface area contributed by atoms with Crippen LogP contribution in [0.4, 0.5) is 0 Å². The summed E-state index contributed by atoms with van der Waals surface area (Å²) in [5.41, 5.74) is 0. The van der Waals surface area contributed by atoms with Gasteiger partial charge < -0.3 is 49.6 Å². The van der Waals surface area contributed by atoms with Crippen molar-refractivity contribution in [2.24, 2.45) is 0 Å². The van der Waals surface area contributed by atoms with Crippen LogP contribution in [0.5, 0.6) is 0 Å². The highest BCUT2D eigenvalue weighted by atomic mass is 16.7. The van der Waals surface area contributed by atoms with Crippen LogP contribution in [0.15, 0.2) is 0 Å². The molecule has 0 spiro atoms. The average Bonchev–Trinajstić information content (AvgIpc) is 2.55. The lowest BCUT2D eigenvalue weighted by atomic mass is 9.99. The Morgan fingerprint density at radius 3 is 2.26 bits per heavy atom. The Hall–Kier alpha value is -0.400. The highest BCUT2D eigenvalue weighted by Gasteiger charge is 2.45. The van der Waals surface area contributed by atoms with Gasteiger partial charge in [-0.15, -0.1) is 0 Å². The van der Waals surface area contributed by atoms with Gasteiger partial charge in [0.2, 0.25) is 0 Å². The van der Waals surface area contributed by atoms with Crippen molar-refractivity contribution in [2.75, 3.05) is 26.9 Å². The highest BCUT2D eigenvalue weighted by Crippen LogP contribution is 2.24. The number of aliphatic hydroxyl groups is 6. The number of aliphatic hydroxyl groups excluding tert-OH is 6. The Bertz CT molecular complexity index is 367. The lowest BCUT2D eigenvalue weighted by Crippen LogP contribution is -2.60. The number of methoxy groups -OCH3 is 1. The van der Waals surface area contributed by atoms with E-state index in [0.717, 1.165) is 0 Å². The van der Waals surface area contributed by atoms with Crippen molar-refractivity contribution in [1.29, 1.82) is 0 Å². The Balaban J connectivity index is 1.93. The molecule has 2 aliphatic rings. The molecule has 0 radical (unpaired) electrons. The third-order valence-corrected chi connectivity index (χ3v) is 4.12. The molecule has 9 atom stereocenters. The monoisotopic (exact) mass is 340 g/mol. The number of hydrogen-bond acceptors (Lipinski definition) is 10. The molecule has 0 bridgehead atoms. The van der Waals surface area contributed by atoms with Crippen molar-refractivity contribution in [3.05, 3.63) is 0 Å². The number of ether oxygens (including phenoxy) is 4. The van der Waals surface area contributed by atoms with E-state index in [9.17, 15) is 25.5 Å². The highest BCUT2D eigenvalue weighted by molar-refractivity contribution is 4.90. The molecule has 6 unspecified atom stereocenters. The summed E-state index contributed by atoms with van der Waals surface area (Å²) < 4.78 is 21.0. The van der Waals surface area contributed by atoms with Gasteiger partial charge in [0.1, 0.15) is 48.8 Å². The van der Waals surface area contributed by atoms with Crippen molar-refractivity contribution in [3.8, 4) is 0 Å². The third-order valence-electron chi connectivity index (χ3n) is 4.12. The van der Waals surface area contributed by atoms with Gasteiger partial charge in [-0.1, -0.05) is 0 Å². The molecule has 0 aromatic carbocycles. The van der Waals surface area contributed by atoms with E-state index in [4.69, 9.17) is 24.1 Å². The summed E-state index contributed by atoms with van der Waals surface area (Å²) in [4.78, 5) is 0. The minimum Gasteiger partial charge on any atom is -0.394 e. The van der Waals surface area contributed by atoms with Gasteiger partial charge in [0.05, 0.1) is 19.8 Å². The van der Waals surface area contributed by atoms with Gasteiger partial charge in [0, 0.05) is 7.11 Å². The van der Waals surface area contributed by atoms with Crippen LogP contribution < -0.4 is 0 Å². The first-order valence-electron chi connectivity index (χ1n) is 7.33. The van der Waals surface area contributed by atoms with Gasteiger partial charge in [-0.25, -0.2) is 0 Å². The quantitative estimate of drug-likeness (QED) is 0.291. The molecule has 2 rings (SSSR count). The van der Waals surface area contributed by atoms with Crippen molar-refractivity contribution in [2.45, 2.75) is 55.1 Å². The lowest BCUT2D eigenvalue weighted by Gasteiger charge is -2.41. The maximum atomic E-state index is 9.86. The van der Waals surface area contributed by atoms with Crippen LogP contribution in [0.3, 0.4) is 0 Å². The molecule has 2 fully saturated rings. The molecule has 2 aliphatic heterocycles. The van der Waals surface area contributed by atoms with Crippen LogP contribution >= 0.6 is 0 Å². The predicted molar refractivity (Wildman–Crippen MR) is 72.3 cm³/mol. The van der Waals surface area contributed by atoms with Gasteiger partial charge in [-0.2, -0.15) is 0 Å². The first kappa shape index (κ1) is 18.9. The average molecular weight is 340 g/mol. The molecule has 10 nitrogen and oxygen atoms in total. The van der Waals surface area contributed by atoms with Crippen LogP contribution in [-0.4, -0.2) is 113 Å². The Morgan fingerprint density at radius 1 is 0.957 bits per heavy atom. The van der Waals surface area contributed by atoms with E-state index in [1.54, 1.807) is 0 Å². The first-order valence-corrected chi connectivity index (χ1v) is 7.33. The normalized spacial score (nSPS) is 48.4. The van der Waals surface area contributed by atoms with Crippen molar-refractivity contribution < 1.29 is 49.6 Å². The summed E-state index contributed by atoms with van der Waals surface area (Å²) in [6.07, 6.45) is -10.7. The van der Waals surface area contributed by atoms with E-state index in [0.29, 0.717) is 0 Å². The second-order valence-corrected chi connectivity index (χ2v) is 5.66. The smallest absolute Gasteiger partial charge is 0.186 e. The molecule has 0 aliphatic carbocycles. The third kappa shape index (κ3) is 3.99. The summed E-state index contributed by atoms with van der Waals surface area (Å²) in [6.45, 7) is -0.828. The Kier molecular flexibility index (Phi) is 6.68. The molecule has 0 aromatic heterocycles. The largest absolute Gasteiger partial charge is 0.394 e. The predicted octanol–water partition coefficient (Wildman–Crippen LogP) is -4.06. The molecule has 0 amide bonds. The summed E-state index contributed by atoms with van der Waals surface area (Å²) in [7, 11) is 1.34. The van der Waals surface area contributed by atoms with Gasteiger partial charge in [0.15, 0.2) is 6.29 Å². The SMILES string of the molecule is COC1C(CO[C@H]2OC(CO)C(O)[C@H](O)C2O)OCC(O)[C@H]1O. The van der Waals surface area contributed by atoms with Crippen molar-refractivity contribution >= 4 is 0 Å². The summed E-state index contributed by atoms with van der Waals surface area (Å²) in [5, 5.41) is 57.7. The zero-order valence-electron chi connectivity index (χ0n) is 12.6. The molecule has 23 heavy (non-hydrogen) atoms. The van der Waals surface area contributed by atoms with Crippen LogP contribution in [-0.2, 0) is 18.9 Å². The van der Waals surface area contributed by atoms with Gasteiger partial charge in [0.25, 0.3) is 0 Å². The fraction of sp³-hybridized carbons (Fsp3) is 1.00. The van der Waals surface area contributed by atoms with E-state index in [1.807, 2.05) is 0 Å².